The lowest BCUT2D eigenvalue weighted by molar-refractivity contribution is 0.131. The van der Waals surface area contributed by atoms with Gasteiger partial charge in [-0.25, -0.2) is 0 Å². The van der Waals surface area contributed by atoms with Crippen LogP contribution in [0.3, 0.4) is 0 Å². The van der Waals surface area contributed by atoms with E-state index in [1.165, 1.54) is 12.0 Å². The van der Waals surface area contributed by atoms with Crippen LogP contribution in [-0.4, -0.2) is 19.8 Å². The quantitative estimate of drug-likeness (QED) is 0.538. The molecule has 3 nitrogen and oxygen atoms in total. The highest BCUT2D eigenvalue weighted by atomic mass is 16.5. The van der Waals surface area contributed by atoms with E-state index in [0.29, 0.717) is 0 Å². The van der Waals surface area contributed by atoms with Crippen molar-refractivity contribution in [2.24, 2.45) is 0 Å². The first kappa shape index (κ1) is 13.8. The van der Waals surface area contributed by atoms with E-state index in [1.807, 2.05) is 12.1 Å². The average molecular weight is 236 g/mol. The zero-order chi connectivity index (χ0) is 12.5. The van der Waals surface area contributed by atoms with Crippen molar-refractivity contribution in [2.75, 3.05) is 30.8 Å². The lowest BCUT2D eigenvalue weighted by Crippen LogP contribution is -2.08. The smallest absolute Gasteiger partial charge is 0.0576 e. The van der Waals surface area contributed by atoms with E-state index in [9.17, 15) is 0 Å². The van der Waals surface area contributed by atoms with Gasteiger partial charge in [-0.3, -0.25) is 0 Å². The molecule has 1 rings (SSSR count). The summed E-state index contributed by atoms with van der Waals surface area (Å²) in [5.74, 6) is 0. The average Bonchev–Trinajstić information content (AvgIpc) is 2.32. The van der Waals surface area contributed by atoms with Crippen LogP contribution in [0.25, 0.3) is 0 Å². The Labute approximate surface area is 104 Å². The molecule has 0 aliphatic heterocycles. The molecule has 17 heavy (non-hydrogen) atoms. The molecule has 0 atom stereocenters. The van der Waals surface area contributed by atoms with Gasteiger partial charge in [-0.15, -0.1) is 0 Å². The molecule has 0 heterocycles. The summed E-state index contributed by atoms with van der Waals surface area (Å²) < 4.78 is 5.49. The standard InChI is InChI=1S/C14H24N2O/c1-3-4-9-17-10-5-8-16-14-11-12(2)6-7-13(14)15/h6-7,11,16H,3-5,8-10,15H2,1-2H3. The SMILES string of the molecule is CCCCOCCCNc1cc(C)ccc1N. The fraction of sp³-hybridized carbons (Fsp3) is 0.571. The third-order valence-electron chi connectivity index (χ3n) is 2.63. The van der Waals surface area contributed by atoms with Crippen LogP contribution in [0.15, 0.2) is 18.2 Å². The number of hydrogen-bond acceptors (Lipinski definition) is 3. The molecule has 1 aromatic carbocycles. The van der Waals surface area contributed by atoms with Crippen LogP contribution >= 0.6 is 0 Å². The van der Waals surface area contributed by atoms with Gasteiger partial charge in [0.05, 0.1) is 11.4 Å². The van der Waals surface area contributed by atoms with Crippen LogP contribution in [0.1, 0.15) is 31.7 Å². The number of unbranched alkanes of at least 4 members (excludes halogenated alkanes) is 1. The Morgan fingerprint density at radius 2 is 2.00 bits per heavy atom. The van der Waals surface area contributed by atoms with Crippen molar-refractivity contribution >= 4 is 11.4 Å². The lowest BCUT2D eigenvalue weighted by Gasteiger charge is -2.10. The van der Waals surface area contributed by atoms with Gasteiger partial charge < -0.3 is 15.8 Å². The van der Waals surface area contributed by atoms with Gasteiger partial charge >= 0.3 is 0 Å². The molecular weight excluding hydrogens is 212 g/mol. The number of nitrogens with one attached hydrogen (secondary N) is 1. The van der Waals surface area contributed by atoms with Crippen molar-refractivity contribution < 1.29 is 4.74 Å². The highest BCUT2D eigenvalue weighted by Gasteiger charge is 1.98. The summed E-state index contributed by atoms with van der Waals surface area (Å²) in [6, 6.07) is 6.04. The van der Waals surface area contributed by atoms with Crippen molar-refractivity contribution in [1.82, 2.24) is 0 Å². The van der Waals surface area contributed by atoms with Crippen molar-refractivity contribution in [3.8, 4) is 0 Å². The zero-order valence-electron chi connectivity index (χ0n) is 11.0. The van der Waals surface area contributed by atoms with E-state index in [2.05, 4.69) is 25.2 Å². The van der Waals surface area contributed by atoms with Gasteiger partial charge in [0, 0.05) is 19.8 Å². The minimum absolute atomic E-state index is 0.808. The Kier molecular flexibility index (Phi) is 6.48. The highest BCUT2D eigenvalue weighted by molar-refractivity contribution is 5.66. The van der Waals surface area contributed by atoms with Crippen molar-refractivity contribution in [1.29, 1.82) is 0 Å². The number of nitrogen functional groups attached to an aromatic ring is 1. The molecule has 0 aliphatic carbocycles. The maximum absolute atomic E-state index is 5.88. The van der Waals surface area contributed by atoms with E-state index >= 15 is 0 Å². The molecule has 0 saturated carbocycles. The maximum atomic E-state index is 5.88. The second kappa shape index (κ2) is 7.96. The van der Waals surface area contributed by atoms with E-state index in [-0.39, 0.29) is 0 Å². The molecule has 3 N–H and O–H groups in total. The number of ether oxygens (including phenoxy) is 1. The molecule has 0 radical (unpaired) electrons. The van der Waals surface area contributed by atoms with Gasteiger partial charge in [0.25, 0.3) is 0 Å². The van der Waals surface area contributed by atoms with Crippen LogP contribution in [0.2, 0.25) is 0 Å². The number of nitrogens with two attached hydrogens (primary N) is 1. The van der Waals surface area contributed by atoms with Gasteiger partial charge in [-0.05, 0) is 37.5 Å². The van der Waals surface area contributed by atoms with Crippen molar-refractivity contribution in [2.45, 2.75) is 33.1 Å². The molecule has 0 aromatic heterocycles. The monoisotopic (exact) mass is 236 g/mol. The molecule has 0 saturated heterocycles. The van der Waals surface area contributed by atoms with Crippen molar-refractivity contribution in [3.63, 3.8) is 0 Å². The van der Waals surface area contributed by atoms with E-state index in [1.54, 1.807) is 0 Å². The van der Waals surface area contributed by atoms with E-state index in [4.69, 9.17) is 10.5 Å². The van der Waals surface area contributed by atoms with Crippen LogP contribution in [-0.2, 0) is 4.74 Å². The second-order valence-corrected chi connectivity index (χ2v) is 4.34. The predicted molar refractivity (Wildman–Crippen MR) is 74.4 cm³/mol. The Balaban J connectivity index is 2.15. The number of benzene rings is 1. The minimum atomic E-state index is 0.808. The molecule has 1 aromatic rings. The van der Waals surface area contributed by atoms with E-state index in [0.717, 1.165) is 44.0 Å². The molecule has 0 fully saturated rings. The van der Waals surface area contributed by atoms with Gasteiger partial charge in [0.2, 0.25) is 0 Å². The van der Waals surface area contributed by atoms with Gasteiger partial charge in [0.15, 0.2) is 0 Å². The number of anilines is 2. The third kappa shape index (κ3) is 5.59. The first-order valence-corrected chi connectivity index (χ1v) is 6.41. The first-order chi connectivity index (χ1) is 8.24. The van der Waals surface area contributed by atoms with Gasteiger partial charge in [-0.2, -0.15) is 0 Å². The number of rotatable bonds is 8. The highest BCUT2D eigenvalue weighted by Crippen LogP contribution is 2.19. The van der Waals surface area contributed by atoms with Gasteiger partial charge in [0.1, 0.15) is 0 Å². The molecular formula is C14H24N2O. The summed E-state index contributed by atoms with van der Waals surface area (Å²) >= 11 is 0. The lowest BCUT2D eigenvalue weighted by atomic mass is 10.2. The molecule has 0 bridgehead atoms. The Morgan fingerprint density at radius 3 is 2.76 bits per heavy atom. The van der Waals surface area contributed by atoms with Gasteiger partial charge in [-0.1, -0.05) is 19.4 Å². The molecule has 0 amide bonds. The molecule has 96 valence electrons. The Bertz CT molecular complexity index is 326. The van der Waals surface area contributed by atoms with Crippen LogP contribution < -0.4 is 11.1 Å². The fourth-order valence-corrected chi connectivity index (χ4v) is 1.57. The first-order valence-electron chi connectivity index (χ1n) is 6.41. The summed E-state index contributed by atoms with van der Waals surface area (Å²) in [6.45, 7) is 6.84. The zero-order valence-corrected chi connectivity index (χ0v) is 11.0. The fourth-order valence-electron chi connectivity index (χ4n) is 1.57. The minimum Gasteiger partial charge on any atom is -0.397 e. The summed E-state index contributed by atoms with van der Waals surface area (Å²) in [6.07, 6.45) is 3.35. The Morgan fingerprint density at radius 1 is 1.24 bits per heavy atom. The van der Waals surface area contributed by atoms with Crippen LogP contribution in [0.5, 0.6) is 0 Å². The third-order valence-corrected chi connectivity index (χ3v) is 2.63. The maximum Gasteiger partial charge on any atom is 0.0576 e. The van der Waals surface area contributed by atoms with Crippen molar-refractivity contribution in [3.05, 3.63) is 23.8 Å². The topological polar surface area (TPSA) is 47.3 Å². The predicted octanol–water partition coefficient (Wildman–Crippen LogP) is 3.20. The normalized spacial score (nSPS) is 10.5. The summed E-state index contributed by atoms with van der Waals surface area (Å²) in [4.78, 5) is 0. The summed E-state index contributed by atoms with van der Waals surface area (Å²) in [7, 11) is 0. The molecule has 0 aliphatic rings. The second-order valence-electron chi connectivity index (χ2n) is 4.34. The summed E-state index contributed by atoms with van der Waals surface area (Å²) in [5, 5.41) is 3.34. The van der Waals surface area contributed by atoms with Crippen LogP contribution in [0.4, 0.5) is 11.4 Å². The Hall–Kier alpha value is -1.22. The molecule has 0 unspecified atom stereocenters. The molecule has 3 heteroatoms. The van der Waals surface area contributed by atoms with Crippen LogP contribution in [0, 0.1) is 6.92 Å². The number of hydrogen-bond donors (Lipinski definition) is 2. The van der Waals surface area contributed by atoms with E-state index < -0.39 is 0 Å². The summed E-state index contributed by atoms with van der Waals surface area (Å²) in [5.41, 5.74) is 8.93. The largest absolute Gasteiger partial charge is 0.397 e. The molecule has 0 spiro atoms. The number of aryl methyl sites for hydroxylation is 1.